The van der Waals surface area contributed by atoms with Gasteiger partial charge in [0, 0.05) is 39.1 Å². The molecule has 5 nitrogen and oxygen atoms in total. The minimum Gasteiger partial charge on any atom is -0.399 e. The third kappa shape index (κ3) is 13.9. The molecule has 0 aromatic rings. The maximum atomic E-state index is 5.78. The summed E-state index contributed by atoms with van der Waals surface area (Å²) in [4.78, 5) is 0. The summed E-state index contributed by atoms with van der Waals surface area (Å²) in [6, 6.07) is 0.930. The molecule has 1 atom stereocenters. The molecule has 0 bridgehead atoms. The fraction of sp³-hybridized carbons (Fsp3) is 1.00. The molecule has 0 saturated heterocycles. The maximum absolute atomic E-state index is 5.78. The molecule has 0 spiro atoms. The predicted octanol–water partition coefficient (Wildman–Crippen LogP) is 3.14. The van der Waals surface area contributed by atoms with Gasteiger partial charge in [0.15, 0.2) is 0 Å². The first-order chi connectivity index (χ1) is 10.6. The van der Waals surface area contributed by atoms with Crippen molar-refractivity contribution < 1.29 is 22.1 Å². The molecule has 0 aliphatic rings. The third-order valence-corrected chi connectivity index (χ3v) is 7.50. The molecule has 0 N–H and O–H groups in total. The first kappa shape index (κ1) is 24.5. The van der Waals surface area contributed by atoms with Crippen LogP contribution in [-0.2, 0) is 22.1 Å². The Kier molecular flexibility index (Phi) is 19.6. The van der Waals surface area contributed by atoms with E-state index in [1.807, 2.05) is 34.6 Å². The van der Waals surface area contributed by atoms with E-state index in [0.717, 1.165) is 25.7 Å². The van der Waals surface area contributed by atoms with Gasteiger partial charge < -0.3 is 22.1 Å². The van der Waals surface area contributed by atoms with Crippen molar-refractivity contribution >= 4 is 18.8 Å². The van der Waals surface area contributed by atoms with Crippen LogP contribution in [0.2, 0.25) is 6.04 Å². The highest BCUT2D eigenvalue weighted by Gasteiger charge is 2.41. The molecule has 0 saturated carbocycles. The molecule has 1 unspecified atom stereocenters. The lowest BCUT2D eigenvalue weighted by molar-refractivity contribution is 0.0675. The van der Waals surface area contributed by atoms with Crippen LogP contribution in [0, 0.1) is 5.92 Å². The van der Waals surface area contributed by atoms with E-state index >= 15 is 0 Å². The fourth-order valence-corrected chi connectivity index (χ4v) is 5.27. The van der Waals surface area contributed by atoms with E-state index in [-0.39, 0.29) is 0 Å². The Hall–Kier alpha value is 0.234. The topological polar surface area (TPSA) is 46.2 Å². The van der Waals surface area contributed by atoms with Crippen molar-refractivity contribution in [3.63, 3.8) is 0 Å². The molecule has 0 aromatic heterocycles. The zero-order chi connectivity index (χ0) is 17.3. The second-order valence-corrected chi connectivity index (χ2v) is 8.50. The van der Waals surface area contributed by atoms with Gasteiger partial charge in [0.2, 0.25) is 0 Å². The molecule has 0 aromatic carbocycles. The van der Waals surface area contributed by atoms with E-state index in [1.165, 1.54) is 0 Å². The number of hydrogen-bond donors (Lipinski definition) is 0. The Morgan fingerprint density at radius 1 is 0.727 bits per heavy atom. The van der Waals surface area contributed by atoms with Crippen LogP contribution in [-0.4, -0.2) is 51.8 Å². The molecular formula is C15H38O5Si2. The van der Waals surface area contributed by atoms with Crippen LogP contribution in [0.5, 0.6) is 0 Å². The van der Waals surface area contributed by atoms with Gasteiger partial charge in [0.1, 0.15) is 0 Å². The van der Waals surface area contributed by atoms with Crippen molar-refractivity contribution in [1.82, 2.24) is 0 Å². The largest absolute Gasteiger partial charge is 0.501 e. The number of hydrogen-bond acceptors (Lipinski definition) is 5. The summed E-state index contributed by atoms with van der Waals surface area (Å²) in [6.07, 6.45) is 1.14. The van der Waals surface area contributed by atoms with Crippen molar-refractivity contribution in [2.75, 3.05) is 33.0 Å². The van der Waals surface area contributed by atoms with Gasteiger partial charge in [-0.25, -0.2) is 0 Å². The molecule has 0 rings (SSSR count). The summed E-state index contributed by atoms with van der Waals surface area (Å²) in [5, 5.41) is 0. The lowest BCUT2D eigenvalue weighted by Crippen LogP contribution is -2.47. The first-order valence-electron chi connectivity index (χ1n) is 8.62. The second kappa shape index (κ2) is 17.6. The molecular weight excluding hydrogens is 316 g/mol. The van der Waals surface area contributed by atoms with Gasteiger partial charge in [-0.2, -0.15) is 0 Å². The second-order valence-electron chi connectivity index (χ2n) is 4.80. The molecule has 0 radical (unpaired) electrons. The molecule has 0 amide bonds. The number of rotatable bonds is 13. The summed E-state index contributed by atoms with van der Waals surface area (Å²) in [6.45, 7) is 18.0. The molecule has 22 heavy (non-hydrogen) atoms. The highest BCUT2D eigenvalue weighted by Crippen LogP contribution is 2.23. The van der Waals surface area contributed by atoms with Crippen LogP contribution in [0.15, 0.2) is 0 Å². The Bertz CT molecular complexity index is 199. The summed E-state index contributed by atoms with van der Waals surface area (Å²) in [7, 11) is -2.97. The van der Waals surface area contributed by atoms with Crippen LogP contribution in [0.25, 0.3) is 0 Å². The average molecular weight is 355 g/mol. The van der Waals surface area contributed by atoms with E-state index in [1.54, 1.807) is 0 Å². The van der Waals surface area contributed by atoms with Gasteiger partial charge in [-0.1, -0.05) is 20.3 Å². The highest BCUT2D eigenvalue weighted by atomic mass is 28.4. The SMILES string of the molecule is CCO[SiH2]OCC.CCO[Si](CC(C)CC)(OCC)OCC. The fourth-order valence-electron chi connectivity index (χ4n) is 1.76. The van der Waals surface area contributed by atoms with Crippen molar-refractivity contribution in [2.24, 2.45) is 5.92 Å². The molecule has 0 aliphatic carbocycles. The predicted molar refractivity (Wildman–Crippen MR) is 96.7 cm³/mol. The van der Waals surface area contributed by atoms with E-state index in [4.69, 9.17) is 22.1 Å². The van der Waals surface area contributed by atoms with Crippen molar-refractivity contribution in [1.29, 1.82) is 0 Å². The van der Waals surface area contributed by atoms with Gasteiger partial charge in [0.25, 0.3) is 0 Å². The van der Waals surface area contributed by atoms with Gasteiger partial charge in [0.05, 0.1) is 0 Å². The molecule has 7 heteroatoms. The quantitative estimate of drug-likeness (QED) is 0.375. The summed E-state index contributed by atoms with van der Waals surface area (Å²) in [5.41, 5.74) is 0. The third-order valence-electron chi connectivity index (χ3n) is 2.96. The summed E-state index contributed by atoms with van der Waals surface area (Å²) in [5.74, 6) is 0.598. The normalized spacial score (nSPS) is 12.7. The van der Waals surface area contributed by atoms with Crippen LogP contribution in [0.4, 0.5) is 0 Å². The Morgan fingerprint density at radius 2 is 1.14 bits per heavy atom. The Balaban J connectivity index is 0. The van der Waals surface area contributed by atoms with Gasteiger partial charge in [-0.05, 0) is 40.5 Å². The molecule has 0 aliphatic heterocycles. The zero-order valence-electron chi connectivity index (χ0n) is 15.8. The highest BCUT2D eigenvalue weighted by molar-refractivity contribution is 6.60. The Labute approximate surface area is 141 Å². The maximum Gasteiger partial charge on any atom is 0.501 e. The lowest BCUT2D eigenvalue weighted by atomic mass is 10.2. The van der Waals surface area contributed by atoms with Gasteiger partial charge in [-0.3, -0.25) is 0 Å². The standard InChI is InChI=1S/C11H26O3Si.C4H12O2Si/c1-6-11(5)10-15(12-7-2,13-8-3)14-9-4;1-3-5-7-6-4-2/h11H,6-10H2,1-5H3;3-4,7H2,1-2H3. The van der Waals surface area contributed by atoms with Crippen LogP contribution in [0.1, 0.15) is 54.9 Å². The molecule has 0 fully saturated rings. The van der Waals surface area contributed by atoms with Crippen LogP contribution < -0.4 is 0 Å². The van der Waals surface area contributed by atoms with Crippen molar-refractivity contribution in [3.8, 4) is 0 Å². The van der Waals surface area contributed by atoms with Gasteiger partial charge in [-0.15, -0.1) is 0 Å². The smallest absolute Gasteiger partial charge is 0.399 e. The minimum absolute atomic E-state index is 0.589. The molecule has 0 heterocycles. The summed E-state index contributed by atoms with van der Waals surface area (Å²) >= 11 is 0. The lowest BCUT2D eigenvalue weighted by Gasteiger charge is -2.30. The van der Waals surface area contributed by atoms with E-state index < -0.39 is 18.8 Å². The van der Waals surface area contributed by atoms with Gasteiger partial charge >= 0.3 is 18.8 Å². The monoisotopic (exact) mass is 354 g/mol. The first-order valence-corrected chi connectivity index (χ1v) is 11.7. The minimum atomic E-state index is -2.38. The zero-order valence-corrected chi connectivity index (χ0v) is 18.2. The van der Waals surface area contributed by atoms with E-state index in [9.17, 15) is 0 Å². The van der Waals surface area contributed by atoms with Crippen molar-refractivity contribution in [2.45, 2.75) is 60.9 Å². The van der Waals surface area contributed by atoms with Crippen LogP contribution in [0.3, 0.4) is 0 Å². The Morgan fingerprint density at radius 3 is 1.41 bits per heavy atom. The summed E-state index contributed by atoms with van der Waals surface area (Å²) < 4.78 is 27.3. The van der Waals surface area contributed by atoms with E-state index in [0.29, 0.717) is 25.7 Å². The molecule has 136 valence electrons. The average Bonchev–Trinajstić information content (AvgIpc) is 2.49. The van der Waals surface area contributed by atoms with E-state index in [2.05, 4.69) is 13.8 Å². The van der Waals surface area contributed by atoms with Crippen molar-refractivity contribution in [3.05, 3.63) is 0 Å². The van der Waals surface area contributed by atoms with Crippen LogP contribution >= 0.6 is 0 Å².